The normalized spacial score (nSPS) is 12.5. The number of hydrogen-bond acceptors (Lipinski definition) is 4. The smallest absolute Gasteiger partial charge is 0.265 e. The predicted molar refractivity (Wildman–Crippen MR) is 98.8 cm³/mol. The first kappa shape index (κ1) is 19.3. The number of nitrogens with zero attached hydrogens (tertiary/aromatic N) is 1. The summed E-state index contributed by atoms with van der Waals surface area (Å²) in [5, 5.41) is -0.760. The van der Waals surface area contributed by atoms with Crippen LogP contribution in [0.1, 0.15) is 19.4 Å². The van der Waals surface area contributed by atoms with Crippen LogP contribution >= 0.6 is 11.6 Å². The summed E-state index contributed by atoms with van der Waals surface area (Å²) in [6, 6.07) is 11.9. The zero-order valence-electron chi connectivity index (χ0n) is 14.3. The molecular formula is C18H20ClNO4S. The van der Waals surface area contributed by atoms with Gasteiger partial charge in [-0.1, -0.05) is 17.7 Å². The zero-order valence-corrected chi connectivity index (χ0v) is 15.8. The van der Waals surface area contributed by atoms with Crippen LogP contribution in [0.2, 0.25) is 0 Å². The first-order valence-corrected chi connectivity index (χ1v) is 9.62. The fraction of sp³-hybridized carbons (Fsp3) is 0.278. The van der Waals surface area contributed by atoms with E-state index >= 15 is 0 Å². The third-order valence-corrected chi connectivity index (χ3v) is 5.89. The molecule has 2 rings (SSSR count). The molecule has 25 heavy (non-hydrogen) atoms. The van der Waals surface area contributed by atoms with Crippen LogP contribution in [0.4, 0.5) is 5.69 Å². The van der Waals surface area contributed by atoms with Crippen LogP contribution in [0.3, 0.4) is 0 Å². The number of aryl methyl sites for hydroxylation is 1. The molecule has 7 heteroatoms. The first-order chi connectivity index (χ1) is 11.8. The molecule has 0 amide bonds. The van der Waals surface area contributed by atoms with Crippen molar-refractivity contribution in [3.05, 3.63) is 54.1 Å². The lowest BCUT2D eigenvalue weighted by Gasteiger charge is -2.28. The Balaban J connectivity index is 2.52. The molecule has 0 aliphatic carbocycles. The summed E-state index contributed by atoms with van der Waals surface area (Å²) in [7, 11) is -3.95. The van der Waals surface area contributed by atoms with Gasteiger partial charge in [-0.15, -0.1) is 0 Å². The van der Waals surface area contributed by atoms with Crippen LogP contribution in [-0.4, -0.2) is 26.3 Å². The predicted octanol–water partition coefficient (Wildman–Crippen LogP) is 3.74. The summed E-state index contributed by atoms with van der Waals surface area (Å²) in [4.78, 5) is 11.8. The average Bonchev–Trinajstić information content (AvgIpc) is 2.57. The second-order valence-corrected chi connectivity index (χ2v) is 7.71. The van der Waals surface area contributed by atoms with Crippen molar-refractivity contribution in [2.75, 3.05) is 10.9 Å². The highest BCUT2D eigenvalue weighted by Crippen LogP contribution is 2.29. The Morgan fingerprint density at radius 2 is 1.68 bits per heavy atom. The molecule has 0 heterocycles. The number of rotatable bonds is 7. The molecule has 134 valence electrons. The molecule has 0 bridgehead atoms. The molecular weight excluding hydrogens is 362 g/mol. The zero-order chi connectivity index (χ0) is 18.6. The van der Waals surface area contributed by atoms with Crippen molar-refractivity contribution in [2.45, 2.75) is 31.7 Å². The molecule has 0 aliphatic heterocycles. The second kappa shape index (κ2) is 7.89. The van der Waals surface area contributed by atoms with Crippen LogP contribution in [0.5, 0.6) is 5.75 Å². The van der Waals surface area contributed by atoms with Crippen molar-refractivity contribution in [3.8, 4) is 5.75 Å². The van der Waals surface area contributed by atoms with E-state index in [2.05, 4.69) is 0 Å². The van der Waals surface area contributed by atoms with Crippen LogP contribution in [0.15, 0.2) is 53.4 Å². The van der Waals surface area contributed by atoms with Crippen molar-refractivity contribution in [1.29, 1.82) is 0 Å². The van der Waals surface area contributed by atoms with E-state index in [1.54, 1.807) is 36.4 Å². The number of halogens is 1. The average molecular weight is 382 g/mol. The molecule has 0 saturated heterocycles. The van der Waals surface area contributed by atoms with Crippen LogP contribution < -0.4 is 9.04 Å². The molecule has 0 fully saturated rings. The molecule has 0 aromatic heterocycles. The Labute approximate surface area is 153 Å². The molecule has 2 aromatic carbocycles. The van der Waals surface area contributed by atoms with Gasteiger partial charge in [-0.05, 0) is 68.8 Å². The lowest BCUT2D eigenvalue weighted by molar-refractivity contribution is -0.112. The van der Waals surface area contributed by atoms with Gasteiger partial charge in [0.05, 0.1) is 17.2 Å². The summed E-state index contributed by atoms with van der Waals surface area (Å²) in [5.41, 5.74) is 1.28. The fourth-order valence-electron chi connectivity index (χ4n) is 2.34. The van der Waals surface area contributed by atoms with Crippen molar-refractivity contribution in [2.24, 2.45) is 0 Å². The minimum absolute atomic E-state index is 0.0942. The largest absolute Gasteiger partial charge is 0.494 e. The van der Waals surface area contributed by atoms with E-state index in [4.69, 9.17) is 16.3 Å². The maximum absolute atomic E-state index is 13.1. The minimum atomic E-state index is -3.95. The van der Waals surface area contributed by atoms with Gasteiger partial charge in [-0.3, -0.25) is 9.10 Å². The maximum Gasteiger partial charge on any atom is 0.265 e. The molecule has 0 aliphatic rings. The number of hydrogen-bond donors (Lipinski definition) is 0. The maximum atomic E-state index is 13.1. The number of anilines is 1. The molecule has 0 radical (unpaired) electrons. The minimum Gasteiger partial charge on any atom is -0.494 e. The monoisotopic (exact) mass is 381 g/mol. The van der Waals surface area contributed by atoms with Gasteiger partial charge in [0.25, 0.3) is 10.0 Å². The standard InChI is InChI=1S/C18H20ClNO4S/c1-4-24-16-9-7-15(8-10-16)20(14(3)18(19)21)25(22,23)17-11-5-13(2)6-12-17/h5-12,14H,4H2,1-3H3. The number of ether oxygens (including phenoxy) is 1. The Kier molecular flexibility index (Phi) is 6.08. The van der Waals surface area contributed by atoms with Gasteiger partial charge in [-0.2, -0.15) is 0 Å². The molecule has 1 unspecified atom stereocenters. The third-order valence-electron chi connectivity index (χ3n) is 3.66. The summed E-state index contributed by atoms with van der Waals surface area (Å²) in [6.45, 7) is 5.68. The van der Waals surface area contributed by atoms with Crippen LogP contribution in [0, 0.1) is 6.92 Å². The Morgan fingerprint density at radius 3 is 2.16 bits per heavy atom. The number of carbonyl (C=O) groups excluding carboxylic acids is 1. The van der Waals surface area contributed by atoms with E-state index in [9.17, 15) is 13.2 Å². The van der Waals surface area contributed by atoms with Crippen molar-refractivity contribution in [1.82, 2.24) is 0 Å². The number of benzene rings is 2. The van der Waals surface area contributed by atoms with Crippen molar-refractivity contribution in [3.63, 3.8) is 0 Å². The first-order valence-electron chi connectivity index (χ1n) is 7.80. The SMILES string of the molecule is CCOc1ccc(N(C(C)C(=O)Cl)S(=O)(=O)c2ccc(C)cc2)cc1. The van der Waals surface area contributed by atoms with Gasteiger partial charge in [0.1, 0.15) is 11.8 Å². The van der Waals surface area contributed by atoms with Gasteiger partial charge in [-0.25, -0.2) is 8.42 Å². The van der Waals surface area contributed by atoms with Crippen molar-refractivity contribution >= 4 is 32.6 Å². The Morgan fingerprint density at radius 1 is 1.12 bits per heavy atom. The highest BCUT2D eigenvalue weighted by molar-refractivity contribution is 7.93. The van der Waals surface area contributed by atoms with E-state index in [1.165, 1.54) is 19.1 Å². The molecule has 1 atom stereocenters. The van der Waals surface area contributed by atoms with E-state index < -0.39 is 21.3 Å². The molecule has 2 aromatic rings. The summed E-state index contributed by atoms with van der Waals surface area (Å²) >= 11 is 5.60. The van der Waals surface area contributed by atoms with Crippen LogP contribution in [0.25, 0.3) is 0 Å². The Bertz CT molecular complexity index is 832. The lowest BCUT2D eigenvalue weighted by atomic mass is 10.2. The molecule has 0 N–H and O–H groups in total. The van der Waals surface area contributed by atoms with Gasteiger partial charge in [0.15, 0.2) is 0 Å². The van der Waals surface area contributed by atoms with Gasteiger partial charge < -0.3 is 4.74 Å². The van der Waals surface area contributed by atoms with E-state index in [1.807, 2.05) is 13.8 Å². The number of sulfonamides is 1. The van der Waals surface area contributed by atoms with E-state index in [-0.39, 0.29) is 4.90 Å². The third kappa shape index (κ3) is 4.32. The van der Waals surface area contributed by atoms with Gasteiger partial charge in [0, 0.05) is 0 Å². The van der Waals surface area contributed by atoms with E-state index in [0.29, 0.717) is 18.0 Å². The molecule has 0 spiro atoms. The summed E-state index contributed by atoms with van der Waals surface area (Å²) < 4.78 is 32.6. The Hall–Kier alpha value is -2.05. The molecule has 0 saturated carbocycles. The van der Waals surface area contributed by atoms with E-state index in [0.717, 1.165) is 9.87 Å². The fourth-order valence-corrected chi connectivity index (χ4v) is 4.12. The topological polar surface area (TPSA) is 63.7 Å². The van der Waals surface area contributed by atoms with Crippen molar-refractivity contribution < 1.29 is 17.9 Å². The number of carbonyl (C=O) groups is 1. The summed E-state index contributed by atoms with van der Waals surface area (Å²) in [6.07, 6.45) is 0. The summed E-state index contributed by atoms with van der Waals surface area (Å²) in [5.74, 6) is 0.615. The molecule has 5 nitrogen and oxygen atoms in total. The van der Waals surface area contributed by atoms with Gasteiger partial charge in [0.2, 0.25) is 5.24 Å². The highest BCUT2D eigenvalue weighted by Gasteiger charge is 2.32. The van der Waals surface area contributed by atoms with Gasteiger partial charge >= 0.3 is 0 Å². The van der Waals surface area contributed by atoms with Crippen LogP contribution in [-0.2, 0) is 14.8 Å². The lowest BCUT2D eigenvalue weighted by Crippen LogP contribution is -2.42. The highest BCUT2D eigenvalue weighted by atomic mass is 35.5. The quantitative estimate of drug-likeness (QED) is 0.685. The second-order valence-electron chi connectivity index (χ2n) is 5.52.